The van der Waals surface area contributed by atoms with Crippen LogP contribution in [0, 0.1) is 11.7 Å². The Morgan fingerprint density at radius 1 is 1.03 bits per heavy atom. The topological polar surface area (TPSA) is 74.4 Å². The van der Waals surface area contributed by atoms with E-state index in [2.05, 4.69) is 29.6 Å². The van der Waals surface area contributed by atoms with Gasteiger partial charge in [-0.25, -0.2) is 9.37 Å². The molecule has 0 aliphatic carbocycles. The Kier molecular flexibility index (Phi) is 6.07. The van der Waals surface area contributed by atoms with E-state index in [0.29, 0.717) is 6.92 Å². The average molecular weight is 449 g/mol. The number of halogens is 6. The lowest BCUT2D eigenvalue weighted by Crippen LogP contribution is -2.31. The summed E-state index contributed by atoms with van der Waals surface area (Å²) in [4.78, 5) is 7.53. The van der Waals surface area contributed by atoms with Gasteiger partial charge in [0.1, 0.15) is 0 Å². The van der Waals surface area contributed by atoms with Crippen molar-refractivity contribution >= 4 is 5.65 Å². The predicted octanol–water partition coefficient (Wildman–Crippen LogP) is 4.38. The van der Waals surface area contributed by atoms with Gasteiger partial charge in [0.2, 0.25) is 5.82 Å². The molecule has 0 bridgehead atoms. The molecular weight excluding hydrogens is 432 g/mol. The van der Waals surface area contributed by atoms with Gasteiger partial charge >= 0.3 is 12.3 Å². The van der Waals surface area contributed by atoms with Crippen molar-refractivity contribution in [2.75, 3.05) is 6.61 Å². The van der Waals surface area contributed by atoms with E-state index >= 15 is 0 Å². The molecule has 3 rings (SSSR count). The van der Waals surface area contributed by atoms with Crippen LogP contribution in [0.15, 0.2) is 24.7 Å². The Labute approximate surface area is 172 Å². The molecule has 0 N–H and O–H groups in total. The zero-order valence-electron chi connectivity index (χ0n) is 16.5. The van der Waals surface area contributed by atoms with Crippen molar-refractivity contribution < 1.29 is 35.8 Å². The van der Waals surface area contributed by atoms with Crippen LogP contribution in [-0.2, 0) is 10.8 Å². The van der Waals surface area contributed by atoms with Gasteiger partial charge in [0.25, 0.3) is 5.88 Å². The third-order valence-electron chi connectivity index (χ3n) is 4.00. The first-order valence-electron chi connectivity index (χ1n) is 9.01. The van der Waals surface area contributed by atoms with E-state index in [4.69, 9.17) is 0 Å². The molecule has 0 radical (unpaired) electrons. The summed E-state index contributed by atoms with van der Waals surface area (Å²) < 4.78 is 90.9. The summed E-state index contributed by atoms with van der Waals surface area (Å²) in [6.45, 7) is 3.88. The highest BCUT2D eigenvalue weighted by Gasteiger charge is 2.40. The van der Waals surface area contributed by atoms with E-state index in [9.17, 15) is 26.3 Å². The number of fused-ring (bicyclic) bond motifs is 1. The molecule has 0 unspecified atom stereocenters. The summed E-state index contributed by atoms with van der Waals surface area (Å²) in [6.07, 6.45) is -7.48. The summed E-state index contributed by atoms with van der Waals surface area (Å²) >= 11 is 0. The fourth-order valence-electron chi connectivity index (χ4n) is 2.37. The fraction of sp³-hybridized carbons (Fsp3) is 0.444. The summed E-state index contributed by atoms with van der Waals surface area (Å²) in [5.41, 5.74) is -0.00790. The minimum Gasteiger partial charge on any atom is -0.463 e. The molecule has 0 saturated heterocycles. The summed E-state index contributed by atoms with van der Waals surface area (Å²) in [6, 6.07) is 0.830. The van der Waals surface area contributed by atoms with Gasteiger partial charge < -0.3 is 9.47 Å². The van der Waals surface area contributed by atoms with Crippen molar-refractivity contribution in [3.05, 3.63) is 36.3 Å². The normalized spacial score (nSPS) is 13.7. The monoisotopic (exact) mass is 449 g/mol. The number of aromatic nitrogens is 5. The maximum absolute atomic E-state index is 14.4. The lowest BCUT2D eigenvalue weighted by molar-refractivity contribution is -0.258. The summed E-state index contributed by atoms with van der Waals surface area (Å²) in [5.74, 6) is -2.99. The van der Waals surface area contributed by atoms with Crippen LogP contribution >= 0.6 is 0 Å². The number of pyridine rings is 1. The van der Waals surface area contributed by atoms with Crippen LogP contribution in [-0.4, -0.2) is 43.5 Å². The van der Waals surface area contributed by atoms with E-state index in [-0.39, 0.29) is 29.4 Å². The third-order valence-corrected chi connectivity index (χ3v) is 4.00. The average Bonchev–Trinajstić information content (AvgIpc) is 3.11. The van der Waals surface area contributed by atoms with E-state index in [0.717, 1.165) is 29.1 Å². The largest absolute Gasteiger partial charge is 0.463 e. The minimum absolute atomic E-state index is 0.00460. The maximum Gasteiger partial charge on any atom is 0.425 e. The first-order valence-corrected chi connectivity index (χ1v) is 9.01. The highest BCUT2D eigenvalue weighted by Crippen LogP contribution is 2.31. The number of alkyl halides is 5. The Balaban J connectivity index is 1.92. The van der Waals surface area contributed by atoms with E-state index < -0.39 is 35.9 Å². The zero-order chi connectivity index (χ0) is 23.0. The van der Waals surface area contributed by atoms with Crippen molar-refractivity contribution in [1.29, 1.82) is 0 Å². The molecule has 0 aliphatic heterocycles. The molecule has 31 heavy (non-hydrogen) atoms. The maximum atomic E-state index is 14.4. The second kappa shape index (κ2) is 8.29. The van der Waals surface area contributed by atoms with Crippen molar-refractivity contribution in [2.24, 2.45) is 5.92 Å². The minimum atomic E-state index is -4.70. The molecule has 3 aromatic rings. The lowest BCUT2D eigenvalue weighted by Gasteiger charge is -2.17. The highest BCUT2D eigenvalue weighted by atomic mass is 19.4. The molecule has 13 heteroatoms. The van der Waals surface area contributed by atoms with E-state index in [1.165, 1.54) is 0 Å². The van der Waals surface area contributed by atoms with Crippen LogP contribution in [0.1, 0.15) is 26.6 Å². The van der Waals surface area contributed by atoms with Gasteiger partial charge in [0.15, 0.2) is 17.6 Å². The Morgan fingerprint density at radius 3 is 2.35 bits per heavy atom. The summed E-state index contributed by atoms with van der Waals surface area (Å²) in [5, 5.41) is 7.06. The molecule has 0 aromatic carbocycles. The molecule has 0 fully saturated rings. The number of hydrogen-bond acceptors (Lipinski definition) is 6. The second-order valence-corrected chi connectivity index (χ2v) is 7.06. The first-order chi connectivity index (χ1) is 14.4. The molecule has 0 aliphatic rings. The zero-order valence-corrected chi connectivity index (χ0v) is 16.5. The van der Waals surface area contributed by atoms with Crippen LogP contribution in [0.2, 0.25) is 0 Å². The van der Waals surface area contributed by atoms with Gasteiger partial charge in [0, 0.05) is 18.0 Å². The Morgan fingerprint density at radius 2 is 1.74 bits per heavy atom. The molecular formula is C18H17F6N5O2. The fourth-order valence-corrected chi connectivity index (χ4v) is 2.37. The number of hydrogen-bond donors (Lipinski definition) is 0. The van der Waals surface area contributed by atoms with Gasteiger partial charge in [-0.05, 0) is 18.9 Å². The molecule has 0 spiro atoms. The van der Waals surface area contributed by atoms with Crippen LogP contribution in [0.25, 0.3) is 16.9 Å². The van der Waals surface area contributed by atoms with Gasteiger partial charge in [-0.3, -0.25) is 9.38 Å². The molecule has 0 amide bonds. The predicted molar refractivity (Wildman–Crippen MR) is 94.8 cm³/mol. The van der Waals surface area contributed by atoms with Crippen molar-refractivity contribution in [2.45, 2.75) is 39.2 Å². The summed E-state index contributed by atoms with van der Waals surface area (Å²) in [7, 11) is 0. The number of ether oxygens (including phenoxy) is 2. The van der Waals surface area contributed by atoms with E-state index in [1.807, 2.05) is 0 Å². The third kappa shape index (κ3) is 5.03. The SMILES string of the molecule is CC(C)COC(F)(F)c1nnc2cnc(-c3cnc(O[C@@H](C)C(F)(F)F)c(F)c3)cn12. The van der Waals surface area contributed by atoms with Crippen molar-refractivity contribution in [3.8, 4) is 17.1 Å². The smallest absolute Gasteiger partial charge is 0.425 e. The van der Waals surface area contributed by atoms with Crippen LogP contribution in [0.5, 0.6) is 5.88 Å². The van der Waals surface area contributed by atoms with Crippen LogP contribution < -0.4 is 4.74 Å². The quantitative estimate of drug-likeness (QED) is 0.499. The molecule has 7 nitrogen and oxygen atoms in total. The Bertz CT molecular complexity index is 1070. The van der Waals surface area contributed by atoms with Crippen LogP contribution in [0.4, 0.5) is 26.3 Å². The standard InChI is InChI=1S/C18H17F6N5O2/c1-9(2)8-30-18(23,24)16-28-27-14-6-25-13(7-29(14)16)11-4-12(19)15(26-5-11)31-10(3)17(20,21)22/h4-7,9-10H,8H2,1-3H3/t10-/m0/s1. The van der Waals surface area contributed by atoms with E-state index in [1.54, 1.807) is 13.8 Å². The number of rotatable bonds is 7. The van der Waals surface area contributed by atoms with Gasteiger partial charge in [0.05, 0.1) is 18.5 Å². The van der Waals surface area contributed by atoms with Crippen LogP contribution in [0.3, 0.4) is 0 Å². The molecule has 1 atom stereocenters. The first kappa shape index (κ1) is 22.7. The van der Waals surface area contributed by atoms with Gasteiger partial charge in [-0.1, -0.05) is 13.8 Å². The number of nitrogens with zero attached hydrogens (tertiary/aromatic N) is 5. The lowest BCUT2D eigenvalue weighted by atomic mass is 10.2. The highest BCUT2D eigenvalue weighted by molar-refractivity contribution is 5.59. The van der Waals surface area contributed by atoms with Gasteiger partial charge in [-0.2, -0.15) is 22.0 Å². The second-order valence-electron chi connectivity index (χ2n) is 7.06. The Hall–Kier alpha value is -2.96. The molecule has 168 valence electrons. The van der Waals surface area contributed by atoms with Crippen molar-refractivity contribution in [1.82, 2.24) is 24.6 Å². The molecule has 3 aromatic heterocycles. The van der Waals surface area contributed by atoms with Gasteiger partial charge in [-0.15, -0.1) is 10.2 Å². The van der Waals surface area contributed by atoms with Crippen molar-refractivity contribution in [3.63, 3.8) is 0 Å². The molecule has 3 heterocycles. The molecule has 0 saturated carbocycles.